The van der Waals surface area contributed by atoms with Gasteiger partial charge < -0.3 is 14.8 Å². The first-order valence-electron chi connectivity index (χ1n) is 7.87. The fraction of sp³-hybridized carbons (Fsp3) is 0.647. The molecule has 21 heavy (non-hydrogen) atoms. The van der Waals surface area contributed by atoms with E-state index >= 15 is 0 Å². The highest BCUT2D eigenvalue weighted by Gasteiger charge is 2.16. The summed E-state index contributed by atoms with van der Waals surface area (Å²) in [6.07, 6.45) is 0. The summed E-state index contributed by atoms with van der Waals surface area (Å²) in [6.45, 7) is 13.6. The molecule has 1 aliphatic rings. The average Bonchev–Trinajstić information content (AvgIpc) is 2.89. The Morgan fingerprint density at radius 1 is 1.05 bits per heavy atom. The summed E-state index contributed by atoms with van der Waals surface area (Å²) in [5, 5.41) is 3.59. The molecule has 1 atom stereocenters. The number of nitrogens with one attached hydrogen (secondary N) is 1. The lowest BCUT2D eigenvalue weighted by Crippen LogP contribution is -2.41. The van der Waals surface area contributed by atoms with Crippen molar-refractivity contribution in [3.63, 3.8) is 0 Å². The standard InChI is InChI=1S/C17H28N2O2/c1-12(2)19(13(3)4)9-8-18-14(5)15-6-7-16-17(10-15)21-11-20-16/h6-7,10,12-14,18H,8-9,11H2,1-5H3. The van der Waals surface area contributed by atoms with Crippen molar-refractivity contribution in [3.05, 3.63) is 23.8 Å². The summed E-state index contributed by atoms with van der Waals surface area (Å²) in [6, 6.07) is 7.63. The van der Waals surface area contributed by atoms with Crippen molar-refractivity contribution in [2.45, 2.75) is 52.7 Å². The van der Waals surface area contributed by atoms with Crippen LogP contribution >= 0.6 is 0 Å². The second-order valence-electron chi connectivity index (χ2n) is 6.21. The van der Waals surface area contributed by atoms with Gasteiger partial charge in [0, 0.05) is 31.2 Å². The monoisotopic (exact) mass is 292 g/mol. The fourth-order valence-corrected chi connectivity index (χ4v) is 2.82. The van der Waals surface area contributed by atoms with Crippen LogP contribution in [0.1, 0.15) is 46.2 Å². The maximum atomic E-state index is 5.44. The SMILES string of the molecule is CC(NCCN(C(C)C)C(C)C)c1ccc2c(c1)OCO2. The highest BCUT2D eigenvalue weighted by atomic mass is 16.7. The maximum Gasteiger partial charge on any atom is 0.231 e. The molecule has 0 amide bonds. The van der Waals surface area contributed by atoms with E-state index in [0.29, 0.717) is 24.9 Å². The first kappa shape index (κ1) is 16.1. The molecule has 0 radical (unpaired) electrons. The number of hydrogen-bond acceptors (Lipinski definition) is 4. The molecule has 0 fully saturated rings. The molecule has 0 saturated heterocycles. The van der Waals surface area contributed by atoms with E-state index < -0.39 is 0 Å². The zero-order valence-corrected chi connectivity index (χ0v) is 13.8. The van der Waals surface area contributed by atoms with Crippen LogP contribution in [0.5, 0.6) is 11.5 Å². The highest BCUT2D eigenvalue weighted by molar-refractivity contribution is 5.45. The van der Waals surface area contributed by atoms with Gasteiger partial charge in [0.25, 0.3) is 0 Å². The minimum absolute atomic E-state index is 0.306. The summed E-state index contributed by atoms with van der Waals surface area (Å²) in [7, 11) is 0. The third-order valence-corrected chi connectivity index (χ3v) is 4.04. The number of fused-ring (bicyclic) bond motifs is 1. The van der Waals surface area contributed by atoms with Crippen LogP contribution < -0.4 is 14.8 Å². The summed E-state index contributed by atoms with van der Waals surface area (Å²) < 4.78 is 10.8. The topological polar surface area (TPSA) is 33.7 Å². The van der Waals surface area contributed by atoms with E-state index in [4.69, 9.17) is 9.47 Å². The third-order valence-electron chi connectivity index (χ3n) is 4.04. The van der Waals surface area contributed by atoms with Gasteiger partial charge in [-0.2, -0.15) is 0 Å². The van der Waals surface area contributed by atoms with Gasteiger partial charge in [-0.3, -0.25) is 4.90 Å². The zero-order chi connectivity index (χ0) is 15.4. The molecule has 1 aromatic rings. The van der Waals surface area contributed by atoms with Crippen LogP contribution in [-0.4, -0.2) is 36.9 Å². The average molecular weight is 292 g/mol. The Hall–Kier alpha value is -1.26. The molecule has 118 valence electrons. The summed E-state index contributed by atoms with van der Waals surface area (Å²) in [4.78, 5) is 2.50. The number of nitrogens with zero attached hydrogens (tertiary/aromatic N) is 1. The van der Waals surface area contributed by atoms with E-state index in [9.17, 15) is 0 Å². The molecular formula is C17H28N2O2. The highest BCUT2D eigenvalue weighted by Crippen LogP contribution is 2.34. The number of ether oxygens (including phenoxy) is 2. The van der Waals surface area contributed by atoms with Crippen molar-refractivity contribution in [2.24, 2.45) is 0 Å². The van der Waals surface area contributed by atoms with E-state index in [1.165, 1.54) is 5.56 Å². The molecule has 0 saturated carbocycles. The van der Waals surface area contributed by atoms with E-state index in [2.05, 4.69) is 57.0 Å². The second-order valence-corrected chi connectivity index (χ2v) is 6.21. The Morgan fingerprint density at radius 2 is 1.71 bits per heavy atom. The molecule has 4 heteroatoms. The van der Waals surface area contributed by atoms with E-state index in [0.717, 1.165) is 24.6 Å². The Morgan fingerprint density at radius 3 is 2.38 bits per heavy atom. The van der Waals surface area contributed by atoms with Crippen molar-refractivity contribution in [1.29, 1.82) is 0 Å². The molecule has 1 unspecified atom stereocenters. The van der Waals surface area contributed by atoms with Crippen LogP contribution in [-0.2, 0) is 0 Å². The van der Waals surface area contributed by atoms with Gasteiger partial charge in [-0.1, -0.05) is 6.07 Å². The molecule has 4 nitrogen and oxygen atoms in total. The quantitative estimate of drug-likeness (QED) is 0.837. The minimum atomic E-state index is 0.306. The lowest BCUT2D eigenvalue weighted by atomic mass is 10.1. The van der Waals surface area contributed by atoms with Gasteiger partial charge in [0.15, 0.2) is 11.5 Å². The fourth-order valence-electron chi connectivity index (χ4n) is 2.82. The van der Waals surface area contributed by atoms with Gasteiger partial charge in [0.1, 0.15) is 0 Å². The van der Waals surface area contributed by atoms with Crippen LogP contribution in [0.25, 0.3) is 0 Å². The lowest BCUT2D eigenvalue weighted by Gasteiger charge is -2.31. The molecule has 0 aliphatic carbocycles. The van der Waals surface area contributed by atoms with Crippen LogP contribution in [0.2, 0.25) is 0 Å². The Labute approximate surface area is 128 Å². The van der Waals surface area contributed by atoms with E-state index in [1.54, 1.807) is 0 Å². The molecule has 2 rings (SSSR count). The molecule has 1 aliphatic heterocycles. The zero-order valence-electron chi connectivity index (χ0n) is 13.8. The normalized spacial score (nSPS) is 15.2. The van der Waals surface area contributed by atoms with E-state index in [-0.39, 0.29) is 0 Å². The molecule has 0 aromatic heterocycles. The number of hydrogen-bond donors (Lipinski definition) is 1. The molecule has 1 aromatic carbocycles. The molecule has 0 bridgehead atoms. The van der Waals surface area contributed by atoms with Crippen molar-refractivity contribution in [3.8, 4) is 11.5 Å². The summed E-state index contributed by atoms with van der Waals surface area (Å²) in [5.74, 6) is 1.70. The van der Waals surface area contributed by atoms with Gasteiger partial charge in [-0.05, 0) is 52.3 Å². The first-order chi connectivity index (χ1) is 9.99. The number of benzene rings is 1. The van der Waals surface area contributed by atoms with Crippen LogP contribution in [0.4, 0.5) is 0 Å². The van der Waals surface area contributed by atoms with Gasteiger partial charge >= 0.3 is 0 Å². The van der Waals surface area contributed by atoms with Crippen molar-refractivity contribution in [2.75, 3.05) is 19.9 Å². The smallest absolute Gasteiger partial charge is 0.231 e. The molecule has 1 N–H and O–H groups in total. The third kappa shape index (κ3) is 4.11. The summed E-state index contributed by atoms with van der Waals surface area (Å²) in [5.41, 5.74) is 1.24. The Balaban J connectivity index is 1.86. The predicted octanol–water partition coefficient (Wildman–Crippen LogP) is 3.18. The predicted molar refractivity (Wildman–Crippen MR) is 86.0 cm³/mol. The van der Waals surface area contributed by atoms with Crippen molar-refractivity contribution in [1.82, 2.24) is 10.2 Å². The number of rotatable bonds is 7. The molecular weight excluding hydrogens is 264 g/mol. The summed E-state index contributed by atoms with van der Waals surface area (Å²) >= 11 is 0. The van der Waals surface area contributed by atoms with Gasteiger partial charge in [-0.15, -0.1) is 0 Å². The molecule has 0 spiro atoms. The largest absolute Gasteiger partial charge is 0.454 e. The first-order valence-corrected chi connectivity index (χ1v) is 7.87. The Kier molecular flexibility index (Phi) is 5.48. The molecule has 1 heterocycles. The lowest BCUT2D eigenvalue weighted by molar-refractivity contribution is 0.173. The van der Waals surface area contributed by atoms with Gasteiger partial charge in [0.2, 0.25) is 6.79 Å². The van der Waals surface area contributed by atoms with Crippen LogP contribution in [0.15, 0.2) is 18.2 Å². The van der Waals surface area contributed by atoms with Crippen molar-refractivity contribution >= 4 is 0 Å². The van der Waals surface area contributed by atoms with Gasteiger partial charge in [0.05, 0.1) is 0 Å². The van der Waals surface area contributed by atoms with Crippen molar-refractivity contribution < 1.29 is 9.47 Å². The second kappa shape index (κ2) is 7.14. The Bertz CT molecular complexity index is 452. The maximum absolute atomic E-state index is 5.44. The minimum Gasteiger partial charge on any atom is -0.454 e. The van der Waals surface area contributed by atoms with Crippen LogP contribution in [0, 0.1) is 0 Å². The van der Waals surface area contributed by atoms with E-state index in [1.807, 2.05) is 6.07 Å². The van der Waals surface area contributed by atoms with Crippen LogP contribution in [0.3, 0.4) is 0 Å². The van der Waals surface area contributed by atoms with Gasteiger partial charge in [-0.25, -0.2) is 0 Å².